The molecule has 0 aromatic heterocycles. The van der Waals surface area contributed by atoms with Crippen molar-refractivity contribution in [2.45, 2.75) is 12.8 Å². The van der Waals surface area contributed by atoms with E-state index in [2.05, 4.69) is 15.9 Å². The number of carbonyl (C=O) groups is 1. The van der Waals surface area contributed by atoms with Crippen molar-refractivity contribution in [2.75, 3.05) is 25.5 Å². The number of amides is 1. The summed E-state index contributed by atoms with van der Waals surface area (Å²) in [5.74, 6) is 1.56. The zero-order valence-electron chi connectivity index (χ0n) is 10.6. The Balaban J connectivity index is 1.98. The topological polar surface area (TPSA) is 29.5 Å². The number of ether oxygens (including phenoxy) is 1. The van der Waals surface area contributed by atoms with Crippen LogP contribution in [-0.4, -0.2) is 36.3 Å². The van der Waals surface area contributed by atoms with Crippen LogP contribution in [0.25, 0.3) is 0 Å². The summed E-state index contributed by atoms with van der Waals surface area (Å²) in [4.78, 5) is 14.2. The van der Waals surface area contributed by atoms with Crippen molar-refractivity contribution in [3.8, 4) is 5.75 Å². The minimum atomic E-state index is 0.134. The van der Waals surface area contributed by atoms with E-state index in [1.54, 1.807) is 7.11 Å². The highest BCUT2D eigenvalue weighted by Gasteiger charge is 2.26. The lowest BCUT2D eigenvalue weighted by atomic mass is 10.1. The average Bonchev–Trinajstić information content (AvgIpc) is 2.87. The van der Waals surface area contributed by atoms with E-state index in [-0.39, 0.29) is 5.91 Å². The summed E-state index contributed by atoms with van der Waals surface area (Å²) in [5.41, 5.74) is 0.746. The number of alkyl halides is 1. The highest BCUT2D eigenvalue weighted by atomic mass is 79.9. The molecule has 1 aliphatic heterocycles. The Bertz CT molecular complexity index is 405. The first kappa shape index (κ1) is 13.4. The van der Waals surface area contributed by atoms with E-state index in [9.17, 15) is 4.79 Å². The first-order valence-corrected chi connectivity index (χ1v) is 7.36. The second-order valence-electron chi connectivity index (χ2n) is 4.61. The molecule has 0 bridgehead atoms. The fourth-order valence-corrected chi connectivity index (χ4v) is 2.97. The van der Waals surface area contributed by atoms with E-state index >= 15 is 0 Å². The number of halogens is 1. The maximum absolute atomic E-state index is 12.3. The van der Waals surface area contributed by atoms with Crippen LogP contribution < -0.4 is 4.74 Å². The predicted molar refractivity (Wildman–Crippen MR) is 75.4 cm³/mol. The predicted octanol–water partition coefficient (Wildman–Crippen LogP) is 2.94. The molecule has 3 nitrogen and oxygen atoms in total. The van der Waals surface area contributed by atoms with E-state index in [1.165, 1.54) is 0 Å². The van der Waals surface area contributed by atoms with Gasteiger partial charge in [-0.05, 0) is 43.0 Å². The number of benzene rings is 1. The third kappa shape index (κ3) is 3.05. The zero-order valence-corrected chi connectivity index (χ0v) is 12.1. The molecule has 1 amide bonds. The second-order valence-corrected chi connectivity index (χ2v) is 5.41. The lowest BCUT2D eigenvalue weighted by Crippen LogP contribution is -2.28. The van der Waals surface area contributed by atoms with Crippen molar-refractivity contribution in [1.82, 2.24) is 4.90 Å². The second kappa shape index (κ2) is 6.23. The maximum Gasteiger partial charge on any atom is 0.253 e. The van der Waals surface area contributed by atoms with Crippen molar-refractivity contribution >= 4 is 21.8 Å². The van der Waals surface area contributed by atoms with Gasteiger partial charge in [0.05, 0.1) is 7.11 Å². The Morgan fingerprint density at radius 2 is 2.17 bits per heavy atom. The van der Waals surface area contributed by atoms with Crippen LogP contribution in [0.3, 0.4) is 0 Å². The minimum Gasteiger partial charge on any atom is -0.497 e. The first-order valence-electron chi connectivity index (χ1n) is 6.24. The molecule has 18 heavy (non-hydrogen) atoms. The van der Waals surface area contributed by atoms with E-state index in [0.717, 1.165) is 42.6 Å². The number of carbonyl (C=O) groups excluding carboxylic acids is 1. The summed E-state index contributed by atoms with van der Waals surface area (Å²) in [6.07, 6.45) is 2.26. The van der Waals surface area contributed by atoms with Gasteiger partial charge in [0.1, 0.15) is 5.75 Å². The third-order valence-corrected chi connectivity index (χ3v) is 3.89. The number of likely N-dealkylation sites (tertiary alicyclic amines) is 1. The molecule has 0 saturated carbocycles. The molecule has 0 aliphatic carbocycles. The van der Waals surface area contributed by atoms with Crippen molar-refractivity contribution in [3.63, 3.8) is 0 Å². The van der Waals surface area contributed by atoms with Gasteiger partial charge < -0.3 is 9.64 Å². The van der Waals surface area contributed by atoms with Gasteiger partial charge >= 0.3 is 0 Å². The Morgan fingerprint density at radius 3 is 2.78 bits per heavy atom. The van der Waals surface area contributed by atoms with Gasteiger partial charge in [0.2, 0.25) is 0 Å². The average molecular weight is 312 g/mol. The van der Waals surface area contributed by atoms with E-state index < -0.39 is 0 Å². The summed E-state index contributed by atoms with van der Waals surface area (Å²) in [7, 11) is 1.63. The molecule has 4 heteroatoms. The van der Waals surface area contributed by atoms with Crippen LogP contribution in [0, 0.1) is 5.92 Å². The van der Waals surface area contributed by atoms with Gasteiger partial charge in [-0.2, -0.15) is 0 Å². The SMILES string of the molecule is COc1ccc(C(=O)N2CCC(CCBr)C2)cc1. The fourth-order valence-electron chi connectivity index (χ4n) is 2.32. The largest absolute Gasteiger partial charge is 0.497 e. The molecule has 1 atom stereocenters. The van der Waals surface area contributed by atoms with Crippen LogP contribution in [0.5, 0.6) is 5.75 Å². The van der Waals surface area contributed by atoms with Crippen molar-refractivity contribution in [2.24, 2.45) is 5.92 Å². The van der Waals surface area contributed by atoms with Crippen LogP contribution in [-0.2, 0) is 0 Å². The monoisotopic (exact) mass is 311 g/mol. The van der Waals surface area contributed by atoms with Gasteiger partial charge in [-0.3, -0.25) is 4.79 Å². The molecule has 1 unspecified atom stereocenters. The Kier molecular flexibility index (Phi) is 4.64. The molecule has 0 N–H and O–H groups in total. The molecule has 1 fully saturated rings. The lowest BCUT2D eigenvalue weighted by Gasteiger charge is -2.16. The molecule has 1 aromatic carbocycles. The first-order chi connectivity index (χ1) is 8.74. The molecule has 1 aromatic rings. The normalized spacial score (nSPS) is 19.0. The van der Waals surface area contributed by atoms with Crippen LogP contribution >= 0.6 is 15.9 Å². The Hall–Kier alpha value is -1.03. The summed E-state index contributed by atoms with van der Waals surface area (Å²) < 4.78 is 5.09. The van der Waals surface area contributed by atoms with Crippen LogP contribution in [0.15, 0.2) is 24.3 Å². The number of rotatable bonds is 4. The van der Waals surface area contributed by atoms with Gasteiger partial charge in [0.25, 0.3) is 5.91 Å². The highest BCUT2D eigenvalue weighted by molar-refractivity contribution is 9.09. The molecular formula is C14H18BrNO2. The minimum absolute atomic E-state index is 0.134. The van der Waals surface area contributed by atoms with Gasteiger partial charge in [-0.15, -0.1) is 0 Å². The Labute approximate surface area is 116 Å². The standard InChI is InChI=1S/C14H18BrNO2/c1-18-13-4-2-12(3-5-13)14(17)16-9-7-11(10-16)6-8-15/h2-5,11H,6-10H2,1H3. The van der Waals surface area contributed by atoms with Crippen LogP contribution in [0.4, 0.5) is 0 Å². The molecule has 0 spiro atoms. The highest BCUT2D eigenvalue weighted by Crippen LogP contribution is 2.22. The fraction of sp³-hybridized carbons (Fsp3) is 0.500. The third-order valence-electron chi connectivity index (χ3n) is 3.43. The molecule has 98 valence electrons. The molecule has 1 heterocycles. The number of nitrogens with zero attached hydrogens (tertiary/aromatic N) is 1. The molecule has 1 aliphatic rings. The van der Waals surface area contributed by atoms with Gasteiger partial charge in [0, 0.05) is 24.0 Å². The van der Waals surface area contributed by atoms with Crippen molar-refractivity contribution in [3.05, 3.63) is 29.8 Å². The summed E-state index contributed by atoms with van der Waals surface area (Å²) >= 11 is 3.46. The number of hydrogen-bond donors (Lipinski definition) is 0. The van der Waals surface area contributed by atoms with Crippen molar-refractivity contribution in [1.29, 1.82) is 0 Å². The smallest absolute Gasteiger partial charge is 0.253 e. The van der Waals surface area contributed by atoms with Crippen LogP contribution in [0.2, 0.25) is 0 Å². The lowest BCUT2D eigenvalue weighted by molar-refractivity contribution is 0.0787. The van der Waals surface area contributed by atoms with E-state index in [1.807, 2.05) is 29.2 Å². The summed E-state index contributed by atoms with van der Waals surface area (Å²) in [6, 6.07) is 7.33. The Morgan fingerprint density at radius 1 is 1.44 bits per heavy atom. The van der Waals surface area contributed by atoms with E-state index in [4.69, 9.17) is 4.74 Å². The van der Waals surface area contributed by atoms with E-state index in [0.29, 0.717) is 5.92 Å². The summed E-state index contributed by atoms with van der Waals surface area (Å²) in [5, 5.41) is 1.02. The molecule has 2 rings (SSSR count). The quantitative estimate of drug-likeness (QED) is 0.800. The van der Waals surface area contributed by atoms with Gasteiger partial charge in [-0.25, -0.2) is 0 Å². The number of methoxy groups -OCH3 is 1. The summed E-state index contributed by atoms with van der Waals surface area (Å²) in [6.45, 7) is 1.76. The number of hydrogen-bond acceptors (Lipinski definition) is 2. The van der Waals surface area contributed by atoms with Gasteiger partial charge in [0.15, 0.2) is 0 Å². The maximum atomic E-state index is 12.3. The van der Waals surface area contributed by atoms with Crippen LogP contribution in [0.1, 0.15) is 23.2 Å². The molecule has 1 saturated heterocycles. The zero-order chi connectivity index (χ0) is 13.0. The molecular weight excluding hydrogens is 294 g/mol. The van der Waals surface area contributed by atoms with Gasteiger partial charge in [-0.1, -0.05) is 15.9 Å². The molecule has 0 radical (unpaired) electrons. The van der Waals surface area contributed by atoms with Crippen molar-refractivity contribution < 1.29 is 9.53 Å².